The van der Waals surface area contributed by atoms with Crippen molar-refractivity contribution in [3.63, 3.8) is 0 Å². The zero-order chi connectivity index (χ0) is 14.5. The second-order valence-electron chi connectivity index (χ2n) is 4.19. The molecule has 0 bridgehead atoms. The van der Waals surface area contributed by atoms with Crippen molar-refractivity contribution in [2.45, 2.75) is 6.92 Å². The smallest absolute Gasteiger partial charge is 0.221 e. The second-order valence-corrected chi connectivity index (χ2v) is 4.60. The number of hydrogen-bond donors (Lipinski definition) is 2. The fraction of sp³-hybridized carbons (Fsp3) is 0.0667. The molecule has 0 radical (unpaired) electrons. The average Bonchev–Trinajstić information content (AvgIpc) is 2.38. The van der Waals surface area contributed by atoms with E-state index in [1.807, 2.05) is 24.3 Å². The van der Waals surface area contributed by atoms with Gasteiger partial charge < -0.3 is 10.6 Å². The van der Waals surface area contributed by atoms with Crippen LogP contribution in [0, 0.1) is 11.3 Å². The zero-order valence-electron chi connectivity index (χ0n) is 10.8. The van der Waals surface area contributed by atoms with Crippen LogP contribution in [0.3, 0.4) is 0 Å². The van der Waals surface area contributed by atoms with Gasteiger partial charge in [-0.1, -0.05) is 17.7 Å². The summed E-state index contributed by atoms with van der Waals surface area (Å²) in [7, 11) is 0. The van der Waals surface area contributed by atoms with Gasteiger partial charge in [0, 0.05) is 24.0 Å². The number of nitriles is 1. The highest BCUT2D eigenvalue weighted by molar-refractivity contribution is 6.32. The van der Waals surface area contributed by atoms with E-state index in [1.165, 1.54) is 6.92 Å². The Morgan fingerprint density at radius 2 is 1.85 bits per heavy atom. The van der Waals surface area contributed by atoms with E-state index < -0.39 is 0 Å². The number of rotatable bonds is 3. The lowest BCUT2D eigenvalue weighted by Crippen LogP contribution is -2.05. The maximum absolute atomic E-state index is 11.0. The Kier molecular flexibility index (Phi) is 4.24. The van der Waals surface area contributed by atoms with Crippen molar-refractivity contribution in [2.24, 2.45) is 0 Å². The van der Waals surface area contributed by atoms with Crippen LogP contribution in [-0.4, -0.2) is 5.91 Å². The Hall–Kier alpha value is -2.51. The highest BCUT2D eigenvalue weighted by atomic mass is 35.5. The van der Waals surface area contributed by atoms with Crippen LogP contribution in [0.1, 0.15) is 12.5 Å². The van der Waals surface area contributed by atoms with Crippen molar-refractivity contribution in [3.8, 4) is 6.07 Å². The molecular weight excluding hydrogens is 274 g/mol. The van der Waals surface area contributed by atoms with Crippen LogP contribution in [0.4, 0.5) is 17.1 Å². The lowest BCUT2D eigenvalue weighted by molar-refractivity contribution is -0.114. The van der Waals surface area contributed by atoms with Crippen LogP contribution in [0.5, 0.6) is 0 Å². The third-order valence-corrected chi connectivity index (χ3v) is 2.87. The van der Waals surface area contributed by atoms with Gasteiger partial charge >= 0.3 is 0 Å². The fourth-order valence-electron chi connectivity index (χ4n) is 1.73. The molecule has 0 saturated carbocycles. The van der Waals surface area contributed by atoms with Crippen LogP contribution >= 0.6 is 11.6 Å². The normalized spacial score (nSPS) is 9.65. The quantitative estimate of drug-likeness (QED) is 0.898. The molecule has 0 spiro atoms. The molecule has 0 aliphatic heterocycles. The van der Waals surface area contributed by atoms with Gasteiger partial charge in [-0.25, -0.2) is 0 Å². The number of benzene rings is 2. The molecule has 4 nitrogen and oxygen atoms in total. The number of amides is 1. The first-order valence-corrected chi connectivity index (χ1v) is 6.30. The summed E-state index contributed by atoms with van der Waals surface area (Å²) in [4.78, 5) is 11.0. The first-order chi connectivity index (χ1) is 9.58. The summed E-state index contributed by atoms with van der Waals surface area (Å²) < 4.78 is 0. The molecule has 100 valence electrons. The zero-order valence-corrected chi connectivity index (χ0v) is 11.5. The number of hydrogen-bond acceptors (Lipinski definition) is 3. The third-order valence-electron chi connectivity index (χ3n) is 2.56. The lowest BCUT2D eigenvalue weighted by atomic mass is 10.2. The summed E-state index contributed by atoms with van der Waals surface area (Å²) in [5.41, 5.74) is 2.73. The summed E-state index contributed by atoms with van der Waals surface area (Å²) in [6, 6.07) is 14.4. The molecule has 2 aromatic carbocycles. The minimum absolute atomic E-state index is 0.122. The van der Waals surface area contributed by atoms with E-state index in [0.717, 1.165) is 11.4 Å². The average molecular weight is 286 g/mol. The van der Waals surface area contributed by atoms with E-state index in [4.69, 9.17) is 16.9 Å². The van der Waals surface area contributed by atoms with Crippen LogP contribution < -0.4 is 10.6 Å². The molecule has 0 unspecified atom stereocenters. The van der Waals surface area contributed by atoms with Gasteiger partial charge in [-0.3, -0.25) is 4.79 Å². The van der Waals surface area contributed by atoms with E-state index in [0.29, 0.717) is 16.3 Å². The molecule has 1 amide bonds. The lowest BCUT2D eigenvalue weighted by Gasteiger charge is -2.09. The highest BCUT2D eigenvalue weighted by Gasteiger charge is 2.02. The molecule has 0 saturated heterocycles. The topological polar surface area (TPSA) is 64.9 Å². The Bertz CT molecular complexity index is 692. The van der Waals surface area contributed by atoms with Gasteiger partial charge in [0.1, 0.15) is 6.07 Å². The molecule has 20 heavy (non-hydrogen) atoms. The molecule has 0 aliphatic rings. The SMILES string of the molecule is CC(=O)Nc1cccc(Nc2ccc(C#N)c(Cl)c2)c1. The van der Waals surface area contributed by atoms with Crippen molar-refractivity contribution in [1.29, 1.82) is 5.26 Å². The van der Waals surface area contributed by atoms with Gasteiger partial charge in [-0.05, 0) is 36.4 Å². The largest absolute Gasteiger partial charge is 0.355 e. The highest BCUT2D eigenvalue weighted by Crippen LogP contribution is 2.24. The van der Waals surface area contributed by atoms with E-state index in [-0.39, 0.29) is 5.91 Å². The van der Waals surface area contributed by atoms with Gasteiger partial charge in [-0.15, -0.1) is 0 Å². The van der Waals surface area contributed by atoms with Crippen molar-refractivity contribution < 1.29 is 4.79 Å². The number of carbonyl (C=O) groups excluding carboxylic acids is 1. The minimum Gasteiger partial charge on any atom is -0.355 e. The Morgan fingerprint density at radius 1 is 1.15 bits per heavy atom. The Labute approximate surface area is 122 Å². The standard InChI is InChI=1S/C15H12ClN3O/c1-10(20)18-12-3-2-4-13(7-12)19-14-6-5-11(9-17)15(16)8-14/h2-8,19H,1H3,(H,18,20). The van der Waals surface area contributed by atoms with Crippen molar-refractivity contribution >= 4 is 34.6 Å². The maximum Gasteiger partial charge on any atom is 0.221 e. The molecule has 0 aromatic heterocycles. The van der Waals surface area contributed by atoms with Crippen molar-refractivity contribution in [3.05, 3.63) is 53.1 Å². The molecule has 2 aromatic rings. The summed E-state index contributed by atoms with van der Waals surface area (Å²) in [6.07, 6.45) is 0. The van der Waals surface area contributed by atoms with E-state index in [2.05, 4.69) is 10.6 Å². The maximum atomic E-state index is 11.0. The van der Waals surface area contributed by atoms with E-state index in [1.54, 1.807) is 24.3 Å². The summed E-state index contributed by atoms with van der Waals surface area (Å²) in [6.45, 7) is 1.46. The monoisotopic (exact) mass is 285 g/mol. The molecule has 5 heteroatoms. The number of carbonyl (C=O) groups is 1. The third kappa shape index (κ3) is 3.50. The molecule has 0 fully saturated rings. The predicted octanol–water partition coefficient (Wildman–Crippen LogP) is 3.91. The molecule has 0 aliphatic carbocycles. The van der Waals surface area contributed by atoms with Crippen molar-refractivity contribution in [1.82, 2.24) is 0 Å². The fourth-order valence-corrected chi connectivity index (χ4v) is 1.95. The van der Waals surface area contributed by atoms with Crippen LogP contribution in [0.15, 0.2) is 42.5 Å². The predicted molar refractivity (Wildman–Crippen MR) is 80.2 cm³/mol. The molecule has 0 atom stereocenters. The Morgan fingerprint density at radius 3 is 2.50 bits per heavy atom. The minimum atomic E-state index is -0.122. The number of anilines is 3. The van der Waals surface area contributed by atoms with Gasteiger partial charge in [-0.2, -0.15) is 5.26 Å². The van der Waals surface area contributed by atoms with Gasteiger partial charge in [0.25, 0.3) is 0 Å². The van der Waals surface area contributed by atoms with Gasteiger partial charge in [0.15, 0.2) is 0 Å². The Balaban J connectivity index is 2.20. The number of nitrogens with one attached hydrogen (secondary N) is 2. The van der Waals surface area contributed by atoms with Crippen molar-refractivity contribution in [2.75, 3.05) is 10.6 Å². The number of nitrogens with zero attached hydrogens (tertiary/aromatic N) is 1. The van der Waals surface area contributed by atoms with Gasteiger partial charge in [0.2, 0.25) is 5.91 Å². The second kappa shape index (κ2) is 6.09. The molecule has 0 heterocycles. The number of halogens is 1. The molecule has 2 N–H and O–H groups in total. The summed E-state index contributed by atoms with van der Waals surface area (Å²) >= 11 is 5.98. The first-order valence-electron chi connectivity index (χ1n) is 5.93. The van der Waals surface area contributed by atoms with Crippen LogP contribution in [0.2, 0.25) is 5.02 Å². The van der Waals surface area contributed by atoms with Gasteiger partial charge in [0.05, 0.1) is 10.6 Å². The van der Waals surface area contributed by atoms with E-state index >= 15 is 0 Å². The summed E-state index contributed by atoms with van der Waals surface area (Å²) in [5.74, 6) is -0.122. The molecular formula is C15H12ClN3O. The van der Waals surface area contributed by atoms with Crippen LogP contribution in [-0.2, 0) is 4.79 Å². The van der Waals surface area contributed by atoms with E-state index in [9.17, 15) is 4.79 Å². The first kappa shape index (κ1) is 13.9. The molecule has 2 rings (SSSR count). The van der Waals surface area contributed by atoms with Crippen LogP contribution in [0.25, 0.3) is 0 Å². The summed E-state index contributed by atoms with van der Waals surface area (Å²) in [5, 5.41) is 15.1.